The minimum Gasteiger partial charge on any atom is -0.484 e. The van der Waals surface area contributed by atoms with Crippen LogP contribution in [0.5, 0.6) is 5.75 Å². The van der Waals surface area contributed by atoms with Gasteiger partial charge in [-0.1, -0.05) is 41.9 Å². The van der Waals surface area contributed by atoms with Gasteiger partial charge in [-0.25, -0.2) is 4.63 Å². The number of hydrogen-bond donors (Lipinski definition) is 1. The van der Waals surface area contributed by atoms with Crippen LogP contribution in [0.4, 0.5) is 5.82 Å². The van der Waals surface area contributed by atoms with E-state index in [4.69, 9.17) is 21.0 Å². The predicted molar refractivity (Wildman–Crippen MR) is 90.0 cm³/mol. The maximum atomic E-state index is 12.0. The van der Waals surface area contributed by atoms with E-state index in [1.807, 2.05) is 37.3 Å². The van der Waals surface area contributed by atoms with Gasteiger partial charge in [0.25, 0.3) is 5.91 Å². The third-order valence-corrected chi connectivity index (χ3v) is 3.72. The summed E-state index contributed by atoms with van der Waals surface area (Å²) in [5.41, 5.74) is 2.14. The molecule has 1 amide bonds. The maximum Gasteiger partial charge on any atom is 0.263 e. The van der Waals surface area contributed by atoms with Gasteiger partial charge in [-0.15, -0.1) is 0 Å². The van der Waals surface area contributed by atoms with Crippen LogP contribution in [0.1, 0.15) is 5.56 Å². The van der Waals surface area contributed by atoms with Crippen molar-refractivity contribution in [1.82, 2.24) is 10.3 Å². The molecule has 24 heavy (non-hydrogen) atoms. The van der Waals surface area contributed by atoms with E-state index in [1.165, 1.54) is 0 Å². The number of halogens is 1. The fraction of sp³-hybridized carbons (Fsp3) is 0.118. The van der Waals surface area contributed by atoms with Gasteiger partial charge in [0.05, 0.1) is 0 Å². The smallest absolute Gasteiger partial charge is 0.263 e. The molecular weight excluding hydrogens is 330 g/mol. The minimum absolute atomic E-state index is 0.165. The van der Waals surface area contributed by atoms with E-state index in [2.05, 4.69) is 15.6 Å². The lowest BCUT2D eigenvalue weighted by Gasteiger charge is -2.07. The van der Waals surface area contributed by atoms with Crippen molar-refractivity contribution in [3.05, 3.63) is 59.1 Å². The van der Waals surface area contributed by atoms with E-state index >= 15 is 0 Å². The number of amides is 1. The van der Waals surface area contributed by atoms with Gasteiger partial charge < -0.3 is 10.1 Å². The number of carbonyl (C=O) groups excluding carboxylic acids is 1. The van der Waals surface area contributed by atoms with Crippen molar-refractivity contribution < 1.29 is 14.2 Å². The molecule has 1 aromatic heterocycles. The van der Waals surface area contributed by atoms with Gasteiger partial charge in [-0.2, -0.15) is 0 Å². The third kappa shape index (κ3) is 3.72. The summed E-state index contributed by atoms with van der Waals surface area (Å²) in [4.78, 5) is 12.0. The number of hydrogen-bond acceptors (Lipinski definition) is 5. The van der Waals surface area contributed by atoms with Crippen molar-refractivity contribution in [3.8, 4) is 17.0 Å². The number of rotatable bonds is 5. The lowest BCUT2D eigenvalue weighted by molar-refractivity contribution is -0.118. The first-order chi connectivity index (χ1) is 11.6. The molecule has 122 valence electrons. The van der Waals surface area contributed by atoms with Gasteiger partial charge in [-0.05, 0) is 41.0 Å². The minimum atomic E-state index is -0.365. The van der Waals surface area contributed by atoms with Crippen LogP contribution in [0.3, 0.4) is 0 Å². The number of aromatic nitrogens is 2. The molecule has 0 aliphatic heterocycles. The van der Waals surface area contributed by atoms with Crippen LogP contribution in [-0.4, -0.2) is 22.8 Å². The SMILES string of the molecule is Cc1cc(OCC(=O)Nc2nonc2-c2ccccc2)ccc1Cl. The summed E-state index contributed by atoms with van der Waals surface area (Å²) in [6.45, 7) is 1.70. The van der Waals surface area contributed by atoms with Crippen molar-refractivity contribution in [1.29, 1.82) is 0 Å². The number of ether oxygens (including phenoxy) is 1. The molecule has 0 radical (unpaired) electrons. The van der Waals surface area contributed by atoms with E-state index in [-0.39, 0.29) is 18.3 Å². The van der Waals surface area contributed by atoms with Crippen molar-refractivity contribution in [3.63, 3.8) is 0 Å². The Morgan fingerprint density at radius 3 is 2.75 bits per heavy atom. The topological polar surface area (TPSA) is 77.2 Å². The summed E-state index contributed by atoms with van der Waals surface area (Å²) in [5, 5.41) is 10.8. The molecule has 0 unspecified atom stereocenters. The molecule has 1 N–H and O–H groups in total. The van der Waals surface area contributed by atoms with E-state index < -0.39 is 0 Å². The Morgan fingerprint density at radius 1 is 1.21 bits per heavy atom. The van der Waals surface area contributed by atoms with Crippen LogP contribution in [0.2, 0.25) is 5.02 Å². The van der Waals surface area contributed by atoms with Gasteiger partial charge in [0.2, 0.25) is 5.82 Å². The van der Waals surface area contributed by atoms with Gasteiger partial charge in [0.1, 0.15) is 5.75 Å². The van der Waals surface area contributed by atoms with Gasteiger partial charge in [-0.3, -0.25) is 4.79 Å². The van der Waals surface area contributed by atoms with E-state index in [0.29, 0.717) is 16.5 Å². The molecule has 0 atom stereocenters. The monoisotopic (exact) mass is 343 g/mol. The fourth-order valence-electron chi connectivity index (χ4n) is 2.08. The average Bonchev–Trinajstić information content (AvgIpc) is 3.05. The molecule has 0 saturated carbocycles. The summed E-state index contributed by atoms with van der Waals surface area (Å²) < 4.78 is 10.2. The second kappa shape index (κ2) is 7.14. The highest BCUT2D eigenvalue weighted by atomic mass is 35.5. The van der Waals surface area contributed by atoms with Gasteiger partial charge >= 0.3 is 0 Å². The molecule has 3 aromatic rings. The molecule has 0 spiro atoms. The Hall–Kier alpha value is -2.86. The molecule has 0 aliphatic carbocycles. The van der Waals surface area contributed by atoms with Crippen LogP contribution < -0.4 is 10.1 Å². The van der Waals surface area contributed by atoms with Crippen LogP contribution in [0.25, 0.3) is 11.3 Å². The molecule has 1 heterocycles. The Morgan fingerprint density at radius 2 is 2.00 bits per heavy atom. The lowest BCUT2D eigenvalue weighted by atomic mass is 10.1. The first-order valence-electron chi connectivity index (χ1n) is 7.20. The summed E-state index contributed by atoms with van der Waals surface area (Å²) in [5.74, 6) is 0.450. The maximum absolute atomic E-state index is 12.0. The summed E-state index contributed by atoms with van der Waals surface area (Å²) in [6, 6.07) is 14.5. The molecule has 0 aliphatic rings. The van der Waals surface area contributed by atoms with E-state index in [1.54, 1.807) is 18.2 Å². The van der Waals surface area contributed by atoms with Crippen molar-refractivity contribution in [2.75, 3.05) is 11.9 Å². The lowest BCUT2D eigenvalue weighted by Crippen LogP contribution is -2.20. The summed E-state index contributed by atoms with van der Waals surface area (Å²) in [7, 11) is 0. The highest BCUT2D eigenvalue weighted by Crippen LogP contribution is 2.24. The Labute approximate surface area is 143 Å². The summed E-state index contributed by atoms with van der Waals surface area (Å²) in [6.07, 6.45) is 0. The molecule has 6 nitrogen and oxygen atoms in total. The number of carbonyl (C=O) groups is 1. The fourth-order valence-corrected chi connectivity index (χ4v) is 2.20. The van der Waals surface area contributed by atoms with Crippen LogP contribution in [0.15, 0.2) is 53.2 Å². The molecule has 2 aromatic carbocycles. The van der Waals surface area contributed by atoms with Gasteiger partial charge in [0.15, 0.2) is 12.3 Å². The number of nitrogens with one attached hydrogen (secondary N) is 1. The second-order valence-electron chi connectivity index (χ2n) is 5.08. The average molecular weight is 344 g/mol. The number of nitrogens with zero attached hydrogens (tertiary/aromatic N) is 2. The van der Waals surface area contributed by atoms with Crippen LogP contribution >= 0.6 is 11.6 Å². The largest absolute Gasteiger partial charge is 0.484 e. The number of benzene rings is 2. The zero-order valence-electron chi connectivity index (χ0n) is 12.8. The normalized spacial score (nSPS) is 10.4. The Kier molecular flexibility index (Phi) is 4.77. The second-order valence-corrected chi connectivity index (χ2v) is 5.48. The van der Waals surface area contributed by atoms with Crippen molar-refractivity contribution >= 4 is 23.3 Å². The quantitative estimate of drug-likeness (QED) is 0.764. The first kappa shape index (κ1) is 16.0. The zero-order valence-corrected chi connectivity index (χ0v) is 13.6. The predicted octanol–water partition coefficient (Wildman–Crippen LogP) is 3.72. The number of anilines is 1. The molecule has 3 rings (SSSR count). The van der Waals surface area contributed by atoms with Crippen molar-refractivity contribution in [2.45, 2.75) is 6.92 Å². The van der Waals surface area contributed by atoms with Gasteiger partial charge in [0, 0.05) is 10.6 Å². The van der Waals surface area contributed by atoms with E-state index in [0.717, 1.165) is 11.1 Å². The standard InChI is InChI=1S/C17H14ClN3O3/c1-11-9-13(7-8-14(11)18)23-10-15(22)19-17-16(20-24-21-17)12-5-3-2-4-6-12/h2-9H,10H2,1H3,(H,19,21,22). The molecule has 0 bridgehead atoms. The van der Waals surface area contributed by atoms with E-state index in [9.17, 15) is 4.79 Å². The highest BCUT2D eigenvalue weighted by Gasteiger charge is 2.15. The van der Waals surface area contributed by atoms with Crippen molar-refractivity contribution in [2.24, 2.45) is 0 Å². The molecule has 0 saturated heterocycles. The highest BCUT2D eigenvalue weighted by molar-refractivity contribution is 6.31. The summed E-state index contributed by atoms with van der Waals surface area (Å²) >= 11 is 5.95. The van der Waals surface area contributed by atoms with Crippen LogP contribution in [-0.2, 0) is 4.79 Å². The molecular formula is C17H14ClN3O3. The molecule has 0 fully saturated rings. The third-order valence-electron chi connectivity index (χ3n) is 3.29. The number of aryl methyl sites for hydroxylation is 1. The van der Waals surface area contributed by atoms with Crippen LogP contribution in [0, 0.1) is 6.92 Å². The zero-order chi connectivity index (χ0) is 16.9. The first-order valence-corrected chi connectivity index (χ1v) is 7.58. The Bertz CT molecular complexity index is 849. The Balaban J connectivity index is 1.64. The molecule has 7 heteroatoms.